The molecular weight excluding hydrogens is 349 g/mol. The van der Waals surface area contributed by atoms with Crippen LogP contribution in [0.1, 0.15) is 12.0 Å². The van der Waals surface area contributed by atoms with Crippen molar-refractivity contribution in [3.8, 4) is 0 Å². The van der Waals surface area contributed by atoms with Gasteiger partial charge in [-0.1, -0.05) is 35.3 Å². The van der Waals surface area contributed by atoms with Crippen LogP contribution in [0.4, 0.5) is 5.69 Å². The van der Waals surface area contributed by atoms with Gasteiger partial charge < -0.3 is 10.6 Å². The summed E-state index contributed by atoms with van der Waals surface area (Å²) in [5.41, 5.74) is 1.37. The molecule has 0 spiro atoms. The minimum absolute atomic E-state index is 0.129. The molecule has 5 nitrogen and oxygen atoms in total. The molecule has 1 heterocycles. The van der Waals surface area contributed by atoms with Crippen LogP contribution >= 0.6 is 23.2 Å². The van der Waals surface area contributed by atoms with Crippen molar-refractivity contribution in [2.24, 2.45) is 11.8 Å². The Morgan fingerprint density at radius 1 is 1.12 bits per heavy atom. The largest absolute Gasteiger partial charge is 0.352 e. The number of anilines is 1. The van der Waals surface area contributed by atoms with Crippen molar-refractivity contribution in [1.29, 1.82) is 0 Å². The first-order chi connectivity index (χ1) is 11.6. The van der Waals surface area contributed by atoms with Gasteiger partial charge in [-0.05, 0) is 30.2 Å². The van der Waals surface area contributed by atoms with Crippen molar-refractivity contribution in [3.63, 3.8) is 0 Å². The molecule has 24 heavy (non-hydrogen) atoms. The van der Waals surface area contributed by atoms with Crippen LogP contribution in [0.25, 0.3) is 0 Å². The topological polar surface area (TPSA) is 71.1 Å². The van der Waals surface area contributed by atoms with Crippen molar-refractivity contribution in [2.75, 3.05) is 5.32 Å². The summed E-state index contributed by atoms with van der Waals surface area (Å²) in [7, 11) is 0. The van der Waals surface area contributed by atoms with E-state index < -0.39 is 0 Å². The van der Waals surface area contributed by atoms with E-state index in [0.29, 0.717) is 28.7 Å². The number of nitrogens with one attached hydrogen (secondary N) is 2. The predicted octanol–water partition coefficient (Wildman–Crippen LogP) is 3.28. The van der Waals surface area contributed by atoms with Crippen molar-refractivity contribution in [3.05, 3.63) is 58.3 Å². The first-order valence-electron chi connectivity index (χ1n) is 7.47. The summed E-state index contributed by atoms with van der Waals surface area (Å²) >= 11 is 12.0. The van der Waals surface area contributed by atoms with Gasteiger partial charge in [0.25, 0.3) is 0 Å². The van der Waals surface area contributed by atoms with E-state index in [1.807, 2.05) is 12.1 Å². The van der Waals surface area contributed by atoms with E-state index >= 15 is 0 Å². The highest BCUT2D eigenvalue weighted by molar-refractivity contribution is 6.44. The molecule has 1 fully saturated rings. The quantitative estimate of drug-likeness (QED) is 0.855. The van der Waals surface area contributed by atoms with Crippen LogP contribution in [0.2, 0.25) is 10.0 Å². The summed E-state index contributed by atoms with van der Waals surface area (Å²) in [6, 6.07) is 8.71. The van der Waals surface area contributed by atoms with Crippen LogP contribution in [0.5, 0.6) is 0 Å². The van der Waals surface area contributed by atoms with E-state index in [0.717, 1.165) is 5.56 Å². The first-order valence-corrected chi connectivity index (χ1v) is 8.23. The molecule has 1 saturated carbocycles. The van der Waals surface area contributed by atoms with Crippen molar-refractivity contribution >= 4 is 40.7 Å². The highest BCUT2D eigenvalue weighted by Crippen LogP contribution is 2.40. The van der Waals surface area contributed by atoms with Gasteiger partial charge in [0.2, 0.25) is 11.8 Å². The van der Waals surface area contributed by atoms with Gasteiger partial charge in [-0.25, -0.2) is 0 Å². The average molecular weight is 364 g/mol. The number of nitrogens with zero attached hydrogens (tertiary/aromatic N) is 1. The van der Waals surface area contributed by atoms with Gasteiger partial charge in [0.1, 0.15) is 0 Å². The van der Waals surface area contributed by atoms with Gasteiger partial charge in [0.05, 0.1) is 27.6 Å². The van der Waals surface area contributed by atoms with Crippen LogP contribution < -0.4 is 10.6 Å². The highest BCUT2D eigenvalue weighted by atomic mass is 35.5. The molecule has 1 aliphatic carbocycles. The number of hydrogen-bond donors (Lipinski definition) is 2. The minimum Gasteiger partial charge on any atom is -0.352 e. The van der Waals surface area contributed by atoms with E-state index in [1.165, 1.54) is 0 Å². The molecular formula is C17H15Cl2N3O2. The fraction of sp³-hybridized carbons (Fsp3) is 0.235. The first kappa shape index (κ1) is 16.7. The predicted molar refractivity (Wildman–Crippen MR) is 92.8 cm³/mol. The third-order valence-corrected chi connectivity index (χ3v) is 4.68. The zero-order valence-electron chi connectivity index (χ0n) is 12.6. The van der Waals surface area contributed by atoms with Crippen LogP contribution in [0.3, 0.4) is 0 Å². The summed E-state index contributed by atoms with van der Waals surface area (Å²) in [6.07, 6.45) is 3.90. The van der Waals surface area contributed by atoms with Crippen LogP contribution in [0, 0.1) is 11.8 Å². The summed E-state index contributed by atoms with van der Waals surface area (Å²) in [6.45, 7) is 0.400. The molecule has 3 rings (SSSR count). The number of hydrogen-bond acceptors (Lipinski definition) is 3. The molecule has 0 saturated heterocycles. The summed E-state index contributed by atoms with van der Waals surface area (Å²) < 4.78 is 0. The number of carbonyl (C=O) groups excluding carboxylic acids is 2. The van der Waals surface area contributed by atoms with Gasteiger partial charge in [0, 0.05) is 18.9 Å². The SMILES string of the molecule is O=C(NCc1cccnc1)C1CC1C(=O)Nc1cccc(Cl)c1Cl. The summed E-state index contributed by atoms with van der Waals surface area (Å²) in [5, 5.41) is 6.22. The van der Waals surface area contributed by atoms with Crippen LogP contribution in [-0.2, 0) is 16.1 Å². The standard InChI is InChI=1S/C17H15Cl2N3O2/c18-13-4-1-5-14(15(13)19)22-17(24)12-7-11(12)16(23)21-9-10-3-2-6-20-8-10/h1-6,8,11-12H,7,9H2,(H,21,23)(H,22,24). The normalized spacial score (nSPS) is 18.8. The molecule has 2 atom stereocenters. The lowest BCUT2D eigenvalue weighted by Crippen LogP contribution is -2.27. The number of halogens is 2. The fourth-order valence-corrected chi connectivity index (χ4v) is 2.77. The fourth-order valence-electron chi connectivity index (χ4n) is 2.42. The molecule has 0 aliphatic heterocycles. The van der Waals surface area contributed by atoms with Gasteiger partial charge in [-0.15, -0.1) is 0 Å². The lowest BCUT2D eigenvalue weighted by atomic mass is 10.2. The molecule has 2 unspecified atom stereocenters. The average Bonchev–Trinajstić information content (AvgIpc) is 3.39. The van der Waals surface area contributed by atoms with Crippen molar-refractivity contribution in [1.82, 2.24) is 10.3 Å². The number of pyridine rings is 1. The molecule has 2 N–H and O–H groups in total. The number of carbonyl (C=O) groups is 2. The van der Waals surface area contributed by atoms with E-state index in [1.54, 1.807) is 30.6 Å². The Bertz CT molecular complexity index is 768. The Hall–Kier alpha value is -2.11. The summed E-state index contributed by atoms with van der Waals surface area (Å²) in [5.74, 6) is -0.995. The Labute approximate surface area is 149 Å². The number of aromatic nitrogens is 1. The van der Waals surface area contributed by atoms with Gasteiger partial charge >= 0.3 is 0 Å². The Balaban J connectivity index is 1.52. The van der Waals surface area contributed by atoms with E-state index in [9.17, 15) is 9.59 Å². The van der Waals surface area contributed by atoms with E-state index in [2.05, 4.69) is 15.6 Å². The second-order valence-electron chi connectivity index (χ2n) is 5.62. The Morgan fingerprint density at radius 2 is 1.92 bits per heavy atom. The van der Waals surface area contributed by atoms with Crippen LogP contribution in [-0.4, -0.2) is 16.8 Å². The molecule has 124 valence electrons. The van der Waals surface area contributed by atoms with Gasteiger partial charge in [-0.2, -0.15) is 0 Å². The second-order valence-corrected chi connectivity index (χ2v) is 6.40. The Kier molecular flexibility index (Phi) is 5.02. The number of rotatable bonds is 5. The van der Waals surface area contributed by atoms with E-state index in [-0.39, 0.29) is 23.7 Å². The zero-order chi connectivity index (χ0) is 17.1. The smallest absolute Gasteiger partial charge is 0.228 e. The molecule has 2 amide bonds. The van der Waals surface area contributed by atoms with Crippen molar-refractivity contribution < 1.29 is 9.59 Å². The van der Waals surface area contributed by atoms with E-state index in [4.69, 9.17) is 23.2 Å². The molecule has 0 bridgehead atoms. The van der Waals surface area contributed by atoms with Crippen molar-refractivity contribution in [2.45, 2.75) is 13.0 Å². The molecule has 1 aliphatic rings. The Morgan fingerprint density at radius 3 is 2.67 bits per heavy atom. The van der Waals surface area contributed by atoms with Gasteiger partial charge in [0.15, 0.2) is 0 Å². The lowest BCUT2D eigenvalue weighted by molar-refractivity contribution is -0.125. The number of benzene rings is 1. The molecule has 1 aromatic carbocycles. The maximum Gasteiger partial charge on any atom is 0.228 e. The van der Waals surface area contributed by atoms with Gasteiger partial charge in [-0.3, -0.25) is 14.6 Å². The minimum atomic E-state index is -0.339. The maximum absolute atomic E-state index is 12.2. The molecule has 2 aromatic rings. The highest BCUT2D eigenvalue weighted by Gasteiger charge is 2.48. The second kappa shape index (κ2) is 7.20. The summed E-state index contributed by atoms with van der Waals surface area (Å²) in [4.78, 5) is 28.3. The maximum atomic E-state index is 12.2. The number of amides is 2. The molecule has 0 radical (unpaired) electrons. The third kappa shape index (κ3) is 3.86. The zero-order valence-corrected chi connectivity index (χ0v) is 14.1. The lowest BCUT2D eigenvalue weighted by Gasteiger charge is -2.08. The molecule has 1 aromatic heterocycles. The molecule has 7 heteroatoms. The third-order valence-electron chi connectivity index (χ3n) is 3.86. The monoisotopic (exact) mass is 363 g/mol. The van der Waals surface area contributed by atoms with Crippen LogP contribution in [0.15, 0.2) is 42.7 Å².